The summed E-state index contributed by atoms with van der Waals surface area (Å²) in [5.74, 6) is -0.196. The Morgan fingerprint density at radius 3 is 2.70 bits per heavy atom. The van der Waals surface area contributed by atoms with E-state index >= 15 is 0 Å². The van der Waals surface area contributed by atoms with E-state index in [1.165, 1.54) is 11.1 Å². The van der Waals surface area contributed by atoms with Gasteiger partial charge in [0, 0.05) is 6.04 Å². The molecule has 1 aromatic carbocycles. The van der Waals surface area contributed by atoms with E-state index in [0.29, 0.717) is 5.69 Å². The Bertz CT molecular complexity index is 627. The molecule has 5 heteroatoms. The normalized spacial score (nSPS) is 17.4. The second-order valence-corrected chi connectivity index (χ2v) is 5.31. The molecule has 3 rings (SSSR count). The van der Waals surface area contributed by atoms with Crippen molar-refractivity contribution in [3.8, 4) is 0 Å². The van der Waals surface area contributed by atoms with Gasteiger partial charge in [0.25, 0.3) is 5.91 Å². The maximum atomic E-state index is 12.1. The van der Waals surface area contributed by atoms with Crippen LogP contribution in [0.25, 0.3) is 0 Å². The lowest BCUT2D eigenvalue weighted by Crippen LogP contribution is -2.39. The lowest BCUT2D eigenvalue weighted by molar-refractivity contribution is 0.0927. The van der Waals surface area contributed by atoms with Crippen LogP contribution in [0.5, 0.6) is 0 Å². The molecule has 1 atom stereocenters. The lowest BCUT2D eigenvalue weighted by atomic mass is 9.88. The number of nitrogens with one attached hydrogen (secondary N) is 1. The third kappa shape index (κ3) is 2.80. The van der Waals surface area contributed by atoms with Gasteiger partial charge in [-0.05, 0) is 42.5 Å². The number of halogens is 1. The van der Waals surface area contributed by atoms with Crippen LogP contribution in [0.15, 0.2) is 36.4 Å². The van der Waals surface area contributed by atoms with E-state index in [1.54, 1.807) is 12.1 Å². The topological polar surface area (TPSA) is 54.9 Å². The minimum Gasteiger partial charge on any atom is -0.348 e. The molecule has 1 aliphatic rings. The smallest absolute Gasteiger partial charge is 0.272 e. The molecule has 0 saturated carbocycles. The van der Waals surface area contributed by atoms with Gasteiger partial charge in [-0.3, -0.25) is 4.79 Å². The summed E-state index contributed by atoms with van der Waals surface area (Å²) >= 11 is 5.66. The first-order valence-electron chi connectivity index (χ1n) is 6.59. The summed E-state index contributed by atoms with van der Waals surface area (Å²) in [6, 6.07) is 11.7. The summed E-state index contributed by atoms with van der Waals surface area (Å²) in [4.78, 5) is 12.1. The molecule has 102 valence electrons. The summed E-state index contributed by atoms with van der Waals surface area (Å²) in [7, 11) is 0. The Labute approximate surface area is 122 Å². The third-order valence-electron chi connectivity index (χ3n) is 3.55. The molecule has 0 saturated heterocycles. The van der Waals surface area contributed by atoms with Crippen LogP contribution in [0, 0.1) is 0 Å². The highest BCUT2D eigenvalue weighted by molar-refractivity contribution is 6.29. The first kappa shape index (κ1) is 13.1. The van der Waals surface area contributed by atoms with Crippen molar-refractivity contribution in [2.24, 2.45) is 0 Å². The molecule has 1 aliphatic carbocycles. The maximum Gasteiger partial charge on any atom is 0.272 e. The number of carbonyl (C=O) groups is 1. The number of benzene rings is 1. The van der Waals surface area contributed by atoms with Crippen LogP contribution in [-0.2, 0) is 12.8 Å². The number of aromatic nitrogens is 2. The number of hydrogen-bond acceptors (Lipinski definition) is 3. The SMILES string of the molecule is O=C(NC1CCc2ccccc2C1)c1ccc(Cl)nn1. The van der Waals surface area contributed by atoms with Gasteiger partial charge < -0.3 is 5.32 Å². The zero-order valence-electron chi connectivity index (χ0n) is 10.8. The predicted octanol–water partition coefficient (Wildman–Crippen LogP) is 2.42. The largest absolute Gasteiger partial charge is 0.348 e. The number of nitrogens with zero attached hydrogens (tertiary/aromatic N) is 2. The fourth-order valence-electron chi connectivity index (χ4n) is 2.52. The van der Waals surface area contributed by atoms with E-state index in [-0.39, 0.29) is 17.1 Å². The fraction of sp³-hybridized carbons (Fsp3) is 0.267. The molecular weight excluding hydrogens is 274 g/mol. The Morgan fingerprint density at radius 1 is 1.15 bits per heavy atom. The van der Waals surface area contributed by atoms with E-state index in [9.17, 15) is 4.79 Å². The molecule has 0 aliphatic heterocycles. The number of aryl methyl sites for hydroxylation is 1. The van der Waals surface area contributed by atoms with E-state index in [4.69, 9.17) is 11.6 Å². The molecule has 1 unspecified atom stereocenters. The molecule has 1 aromatic heterocycles. The van der Waals surface area contributed by atoms with Gasteiger partial charge in [0.15, 0.2) is 10.8 Å². The monoisotopic (exact) mass is 287 g/mol. The second-order valence-electron chi connectivity index (χ2n) is 4.92. The predicted molar refractivity (Wildman–Crippen MR) is 76.8 cm³/mol. The van der Waals surface area contributed by atoms with Crippen LogP contribution in [0.4, 0.5) is 0 Å². The molecule has 1 amide bonds. The van der Waals surface area contributed by atoms with Gasteiger partial charge in [-0.1, -0.05) is 35.9 Å². The molecular formula is C15H14ClN3O. The number of amides is 1. The van der Waals surface area contributed by atoms with E-state index in [1.807, 2.05) is 6.07 Å². The second kappa shape index (κ2) is 5.59. The Morgan fingerprint density at radius 2 is 1.95 bits per heavy atom. The maximum absolute atomic E-state index is 12.1. The molecule has 1 N–H and O–H groups in total. The highest BCUT2D eigenvalue weighted by Gasteiger charge is 2.20. The molecule has 0 spiro atoms. The first-order valence-corrected chi connectivity index (χ1v) is 6.97. The molecule has 1 heterocycles. The van der Waals surface area contributed by atoms with Crippen molar-refractivity contribution in [1.82, 2.24) is 15.5 Å². The number of carbonyl (C=O) groups excluding carboxylic acids is 1. The minimum atomic E-state index is -0.196. The summed E-state index contributed by atoms with van der Waals surface area (Å²) < 4.78 is 0. The van der Waals surface area contributed by atoms with Crippen LogP contribution in [0.3, 0.4) is 0 Å². The minimum absolute atomic E-state index is 0.148. The standard InChI is InChI=1S/C15H14ClN3O/c16-14-8-7-13(18-19-14)15(20)17-12-6-5-10-3-1-2-4-11(10)9-12/h1-4,7-8,12H,5-6,9H2,(H,17,20). The van der Waals surface area contributed by atoms with Gasteiger partial charge in [-0.2, -0.15) is 0 Å². The number of rotatable bonds is 2. The van der Waals surface area contributed by atoms with Gasteiger partial charge >= 0.3 is 0 Å². The highest BCUT2D eigenvalue weighted by atomic mass is 35.5. The Balaban J connectivity index is 1.67. The van der Waals surface area contributed by atoms with Gasteiger partial charge in [0.1, 0.15) is 0 Å². The van der Waals surface area contributed by atoms with Crippen molar-refractivity contribution < 1.29 is 4.79 Å². The summed E-state index contributed by atoms with van der Waals surface area (Å²) in [6.45, 7) is 0. The molecule has 20 heavy (non-hydrogen) atoms. The van der Waals surface area contributed by atoms with Crippen molar-refractivity contribution in [2.75, 3.05) is 0 Å². The van der Waals surface area contributed by atoms with Crippen molar-refractivity contribution in [1.29, 1.82) is 0 Å². The van der Waals surface area contributed by atoms with Crippen molar-refractivity contribution in [3.63, 3.8) is 0 Å². The van der Waals surface area contributed by atoms with Crippen LogP contribution in [-0.4, -0.2) is 22.1 Å². The van der Waals surface area contributed by atoms with E-state index < -0.39 is 0 Å². The molecule has 2 aromatic rings. The van der Waals surface area contributed by atoms with Gasteiger partial charge in [0.05, 0.1) is 0 Å². The first-order chi connectivity index (χ1) is 9.72. The van der Waals surface area contributed by atoms with Gasteiger partial charge in [-0.25, -0.2) is 0 Å². The molecule has 4 nitrogen and oxygen atoms in total. The molecule has 0 fully saturated rings. The van der Waals surface area contributed by atoms with E-state index in [2.05, 4.69) is 33.7 Å². The summed E-state index contributed by atoms with van der Waals surface area (Å²) in [6.07, 6.45) is 2.81. The van der Waals surface area contributed by atoms with Crippen molar-refractivity contribution >= 4 is 17.5 Å². The lowest BCUT2D eigenvalue weighted by Gasteiger charge is -2.25. The Hall–Kier alpha value is -1.94. The van der Waals surface area contributed by atoms with Crippen LogP contribution >= 0.6 is 11.6 Å². The van der Waals surface area contributed by atoms with Gasteiger partial charge in [0.2, 0.25) is 0 Å². The van der Waals surface area contributed by atoms with Crippen molar-refractivity contribution in [2.45, 2.75) is 25.3 Å². The number of hydrogen-bond donors (Lipinski definition) is 1. The van der Waals surface area contributed by atoms with Crippen LogP contribution in [0.1, 0.15) is 28.0 Å². The number of fused-ring (bicyclic) bond motifs is 1. The quantitative estimate of drug-likeness (QED) is 0.923. The van der Waals surface area contributed by atoms with Gasteiger partial charge in [-0.15, -0.1) is 10.2 Å². The van der Waals surface area contributed by atoms with Crippen molar-refractivity contribution in [3.05, 3.63) is 58.4 Å². The summed E-state index contributed by atoms with van der Waals surface area (Å²) in [5, 5.41) is 10.8. The van der Waals surface area contributed by atoms with Crippen LogP contribution in [0.2, 0.25) is 5.15 Å². The van der Waals surface area contributed by atoms with E-state index in [0.717, 1.165) is 19.3 Å². The molecule has 0 radical (unpaired) electrons. The molecule has 0 bridgehead atoms. The zero-order valence-corrected chi connectivity index (χ0v) is 11.6. The van der Waals surface area contributed by atoms with Crippen LogP contribution < -0.4 is 5.32 Å². The fourth-order valence-corrected chi connectivity index (χ4v) is 2.62. The average molecular weight is 288 g/mol. The third-order valence-corrected chi connectivity index (χ3v) is 3.75. The Kier molecular flexibility index (Phi) is 3.65. The highest BCUT2D eigenvalue weighted by Crippen LogP contribution is 2.21. The average Bonchev–Trinajstić information content (AvgIpc) is 2.48. The summed E-state index contributed by atoms with van der Waals surface area (Å²) in [5.41, 5.74) is 2.99. The zero-order chi connectivity index (χ0) is 13.9.